The number of ether oxygens (including phenoxy) is 1. The highest BCUT2D eigenvalue weighted by molar-refractivity contribution is 6.30. The number of nitrogens with one attached hydrogen (secondary N) is 2. The van der Waals surface area contributed by atoms with Gasteiger partial charge in [0.2, 0.25) is 0 Å². The fourth-order valence-corrected chi connectivity index (χ4v) is 2.72. The van der Waals surface area contributed by atoms with Gasteiger partial charge in [0, 0.05) is 23.2 Å². The molecule has 0 radical (unpaired) electrons. The van der Waals surface area contributed by atoms with Gasteiger partial charge in [-0.2, -0.15) is 0 Å². The van der Waals surface area contributed by atoms with Crippen LogP contribution in [0.1, 0.15) is 18.4 Å². The first-order chi connectivity index (χ1) is 9.72. The second-order valence-corrected chi connectivity index (χ2v) is 5.58. The maximum Gasteiger partial charge on any atom is 0.250 e. The summed E-state index contributed by atoms with van der Waals surface area (Å²) in [5, 5.41) is 6.95. The summed E-state index contributed by atoms with van der Waals surface area (Å²) in [6.07, 6.45) is 4.15. The van der Waals surface area contributed by atoms with E-state index < -0.39 is 0 Å². The van der Waals surface area contributed by atoms with Gasteiger partial charge < -0.3 is 15.4 Å². The van der Waals surface area contributed by atoms with E-state index in [0.29, 0.717) is 29.8 Å². The monoisotopic (exact) mass is 292 g/mol. The normalized spacial score (nSPS) is 20.9. The van der Waals surface area contributed by atoms with Gasteiger partial charge in [-0.25, -0.2) is 0 Å². The zero-order chi connectivity index (χ0) is 13.9. The van der Waals surface area contributed by atoms with Crippen molar-refractivity contribution in [2.45, 2.75) is 18.9 Å². The summed E-state index contributed by atoms with van der Waals surface area (Å²) in [6.45, 7) is 2.01. The Bertz CT molecular complexity index is 551. The molecule has 0 saturated carbocycles. The molecular formula is C15H17ClN2O2. The SMILES string of the molecule is O=C(NCC1CCCN1)C1=Cc2cc(Cl)ccc2OC1. The van der Waals surface area contributed by atoms with Crippen LogP contribution in [0.25, 0.3) is 6.08 Å². The van der Waals surface area contributed by atoms with Gasteiger partial charge in [-0.1, -0.05) is 11.6 Å². The third kappa shape index (κ3) is 2.97. The van der Waals surface area contributed by atoms with Crippen molar-refractivity contribution in [1.82, 2.24) is 10.6 Å². The minimum absolute atomic E-state index is 0.0654. The third-order valence-corrected chi connectivity index (χ3v) is 3.88. The molecule has 2 N–H and O–H groups in total. The highest BCUT2D eigenvalue weighted by Crippen LogP contribution is 2.28. The van der Waals surface area contributed by atoms with E-state index in [1.165, 1.54) is 6.42 Å². The number of benzene rings is 1. The minimum atomic E-state index is -0.0654. The summed E-state index contributed by atoms with van der Waals surface area (Å²) in [5.74, 6) is 0.702. The molecule has 1 saturated heterocycles. The van der Waals surface area contributed by atoms with Crippen LogP contribution in [0.4, 0.5) is 0 Å². The molecule has 1 amide bonds. The maximum atomic E-state index is 12.1. The van der Waals surface area contributed by atoms with E-state index in [-0.39, 0.29) is 5.91 Å². The van der Waals surface area contributed by atoms with Crippen molar-refractivity contribution in [2.24, 2.45) is 0 Å². The number of halogens is 1. The molecule has 0 bridgehead atoms. The summed E-state index contributed by atoms with van der Waals surface area (Å²) < 4.78 is 5.58. The van der Waals surface area contributed by atoms with Gasteiger partial charge in [-0.15, -0.1) is 0 Å². The molecule has 2 aliphatic rings. The Morgan fingerprint density at radius 3 is 3.20 bits per heavy atom. The Kier molecular flexibility index (Phi) is 3.94. The van der Waals surface area contributed by atoms with Crippen LogP contribution >= 0.6 is 11.6 Å². The zero-order valence-corrected chi connectivity index (χ0v) is 11.9. The van der Waals surface area contributed by atoms with Gasteiger partial charge in [-0.05, 0) is 43.7 Å². The van der Waals surface area contributed by atoms with E-state index >= 15 is 0 Å². The fraction of sp³-hybridized carbons (Fsp3) is 0.400. The summed E-state index contributed by atoms with van der Waals surface area (Å²) in [7, 11) is 0. The van der Waals surface area contributed by atoms with Gasteiger partial charge in [-0.3, -0.25) is 4.79 Å². The lowest BCUT2D eigenvalue weighted by Crippen LogP contribution is -2.38. The molecule has 0 aliphatic carbocycles. The van der Waals surface area contributed by atoms with Crippen LogP contribution < -0.4 is 15.4 Å². The zero-order valence-electron chi connectivity index (χ0n) is 11.1. The first kappa shape index (κ1) is 13.5. The van der Waals surface area contributed by atoms with Crippen molar-refractivity contribution >= 4 is 23.6 Å². The van der Waals surface area contributed by atoms with E-state index in [0.717, 1.165) is 24.3 Å². The lowest BCUT2D eigenvalue weighted by molar-refractivity contribution is -0.117. The molecule has 1 unspecified atom stereocenters. The molecule has 3 rings (SSSR count). The van der Waals surface area contributed by atoms with E-state index in [1.54, 1.807) is 6.07 Å². The highest BCUT2D eigenvalue weighted by atomic mass is 35.5. The number of fused-ring (bicyclic) bond motifs is 1. The van der Waals surface area contributed by atoms with Gasteiger partial charge in [0.05, 0.1) is 5.57 Å². The van der Waals surface area contributed by atoms with Crippen molar-refractivity contribution in [3.63, 3.8) is 0 Å². The van der Waals surface area contributed by atoms with E-state index in [2.05, 4.69) is 10.6 Å². The fourth-order valence-electron chi connectivity index (χ4n) is 2.54. The first-order valence-corrected chi connectivity index (χ1v) is 7.25. The molecule has 0 spiro atoms. The molecule has 106 valence electrons. The van der Waals surface area contributed by atoms with E-state index in [9.17, 15) is 4.79 Å². The lowest BCUT2D eigenvalue weighted by Gasteiger charge is -2.18. The number of hydrogen-bond acceptors (Lipinski definition) is 3. The standard InChI is InChI=1S/C15H17ClN2O2/c16-12-3-4-14-10(7-12)6-11(9-20-14)15(19)18-8-13-2-1-5-17-13/h3-4,6-7,13,17H,1-2,5,8-9H2,(H,18,19). The molecule has 1 aromatic carbocycles. The first-order valence-electron chi connectivity index (χ1n) is 6.87. The number of carbonyl (C=O) groups excluding carboxylic acids is 1. The highest BCUT2D eigenvalue weighted by Gasteiger charge is 2.19. The van der Waals surface area contributed by atoms with Crippen molar-refractivity contribution in [3.05, 3.63) is 34.4 Å². The van der Waals surface area contributed by atoms with Crippen LogP contribution in [0, 0.1) is 0 Å². The molecular weight excluding hydrogens is 276 g/mol. The molecule has 20 heavy (non-hydrogen) atoms. The summed E-state index contributed by atoms with van der Waals surface area (Å²) >= 11 is 5.96. The predicted octanol–water partition coefficient (Wildman–Crippen LogP) is 1.98. The molecule has 1 fully saturated rings. The van der Waals surface area contributed by atoms with Crippen molar-refractivity contribution in [1.29, 1.82) is 0 Å². The van der Waals surface area contributed by atoms with Crippen molar-refractivity contribution in [3.8, 4) is 5.75 Å². The summed E-state index contributed by atoms with van der Waals surface area (Å²) in [5.41, 5.74) is 1.49. The van der Waals surface area contributed by atoms with Gasteiger partial charge in [0.1, 0.15) is 12.4 Å². The van der Waals surface area contributed by atoms with Crippen molar-refractivity contribution in [2.75, 3.05) is 19.7 Å². The Hall–Kier alpha value is -1.52. The van der Waals surface area contributed by atoms with Crippen LogP contribution in [0.3, 0.4) is 0 Å². The van der Waals surface area contributed by atoms with Gasteiger partial charge >= 0.3 is 0 Å². The van der Waals surface area contributed by atoms with E-state index in [1.807, 2.05) is 18.2 Å². The number of amides is 1. The minimum Gasteiger partial charge on any atom is -0.488 e. The molecule has 0 aromatic heterocycles. The molecule has 4 nitrogen and oxygen atoms in total. The second kappa shape index (κ2) is 5.85. The second-order valence-electron chi connectivity index (χ2n) is 5.14. The topological polar surface area (TPSA) is 50.4 Å². The Balaban J connectivity index is 1.66. The predicted molar refractivity (Wildman–Crippen MR) is 79.0 cm³/mol. The summed E-state index contributed by atoms with van der Waals surface area (Å²) in [4.78, 5) is 12.1. The lowest BCUT2D eigenvalue weighted by atomic mass is 10.1. The molecule has 2 aliphatic heterocycles. The van der Waals surface area contributed by atoms with Crippen LogP contribution in [0.5, 0.6) is 5.75 Å². The Labute approximate surface area is 123 Å². The van der Waals surface area contributed by atoms with Crippen LogP contribution in [-0.2, 0) is 4.79 Å². The van der Waals surface area contributed by atoms with Crippen LogP contribution in [0.2, 0.25) is 5.02 Å². The number of hydrogen-bond donors (Lipinski definition) is 2. The van der Waals surface area contributed by atoms with Gasteiger partial charge in [0.25, 0.3) is 5.91 Å². The van der Waals surface area contributed by atoms with E-state index in [4.69, 9.17) is 16.3 Å². The van der Waals surface area contributed by atoms with Crippen LogP contribution in [0.15, 0.2) is 23.8 Å². The third-order valence-electron chi connectivity index (χ3n) is 3.65. The molecule has 2 heterocycles. The number of rotatable bonds is 3. The smallest absolute Gasteiger partial charge is 0.250 e. The maximum absolute atomic E-state index is 12.1. The van der Waals surface area contributed by atoms with Crippen LogP contribution in [-0.4, -0.2) is 31.6 Å². The average molecular weight is 293 g/mol. The Morgan fingerprint density at radius 2 is 2.40 bits per heavy atom. The van der Waals surface area contributed by atoms with Crippen molar-refractivity contribution < 1.29 is 9.53 Å². The number of carbonyl (C=O) groups is 1. The average Bonchev–Trinajstić information content (AvgIpc) is 2.97. The molecule has 1 aromatic rings. The quantitative estimate of drug-likeness (QED) is 0.896. The Morgan fingerprint density at radius 1 is 1.50 bits per heavy atom. The molecule has 1 atom stereocenters. The van der Waals surface area contributed by atoms with Gasteiger partial charge in [0.15, 0.2) is 0 Å². The summed E-state index contributed by atoms with van der Waals surface area (Å²) in [6, 6.07) is 5.81. The largest absolute Gasteiger partial charge is 0.488 e. The molecule has 5 heteroatoms.